The van der Waals surface area contributed by atoms with Crippen LogP contribution in [0.2, 0.25) is 0 Å². The molecule has 3 N–H and O–H groups in total. The number of fused-ring (bicyclic) bond motifs is 1. The zero-order valence-electron chi connectivity index (χ0n) is 9.98. The molecule has 1 aromatic heterocycles. The average Bonchev–Trinajstić information content (AvgIpc) is 2.79. The number of benzene rings is 1. The maximum absolute atomic E-state index is 5.60. The van der Waals surface area contributed by atoms with Crippen molar-refractivity contribution in [1.82, 2.24) is 5.43 Å². The molecule has 0 radical (unpaired) electrons. The van der Waals surface area contributed by atoms with E-state index in [1.807, 2.05) is 18.2 Å². The summed E-state index contributed by atoms with van der Waals surface area (Å²) in [6, 6.07) is 8.08. The first-order valence-corrected chi connectivity index (χ1v) is 5.78. The zero-order chi connectivity index (χ0) is 12.1. The molecule has 17 heavy (non-hydrogen) atoms. The van der Waals surface area contributed by atoms with Crippen LogP contribution < -0.4 is 11.3 Å². The molecular weight excluding hydrogens is 216 g/mol. The number of hydrogen-bond donors (Lipinski definition) is 2. The van der Waals surface area contributed by atoms with Crippen molar-refractivity contribution in [2.75, 3.05) is 13.7 Å². The Bertz CT molecular complexity index is 467. The molecule has 92 valence electrons. The molecule has 1 heterocycles. The molecule has 0 aliphatic heterocycles. The van der Waals surface area contributed by atoms with Gasteiger partial charge >= 0.3 is 0 Å². The van der Waals surface area contributed by atoms with E-state index in [0.717, 1.165) is 36.0 Å². The zero-order valence-corrected chi connectivity index (χ0v) is 9.98. The summed E-state index contributed by atoms with van der Waals surface area (Å²) < 4.78 is 10.6. The van der Waals surface area contributed by atoms with Crippen molar-refractivity contribution in [1.29, 1.82) is 0 Å². The van der Waals surface area contributed by atoms with Gasteiger partial charge in [0.2, 0.25) is 0 Å². The summed E-state index contributed by atoms with van der Waals surface area (Å²) in [7, 11) is 1.71. The van der Waals surface area contributed by atoms with E-state index in [-0.39, 0.29) is 6.04 Å². The molecule has 0 amide bonds. The van der Waals surface area contributed by atoms with Gasteiger partial charge in [0.1, 0.15) is 5.58 Å². The predicted octanol–water partition coefficient (Wildman–Crippen LogP) is 2.36. The van der Waals surface area contributed by atoms with Crippen LogP contribution in [0, 0.1) is 0 Å². The molecule has 0 aliphatic rings. The summed E-state index contributed by atoms with van der Waals surface area (Å²) in [6.07, 6.45) is 3.67. The van der Waals surface area contributed by atoms with Crippen LogP contribution in [0.15, 0.2) is 34.9 Å². The quantitative estimate of drug-likeness (QED) is 0.457. The summed E-state index contributed by atoms with van der Waals surface area (Å²) >= 11 is 0. The first-order valence-electron chi connectivity index (χ1n) is 5.78. The second kappa shape index (κ2) is 5.82. The fourth-order valence-electron chi connectivity index (χ4n) is 2.03. The lowest BCUT2D eigenvalue weighted by Crippen LogP contribution is -2.28. The lowest BCUT2D eigenvalue weighted by atomic mass is 10.0. The van der Waals surface area contributed by atoms with Crippen LogP contribution in [-0.2, 0) is 4.74 Å². The van der Waals surface area contributed by atoms with Gasteiger partial charge in [-0.05, 0) is 18.9 Å². The molecule has 0 saturated heterocycles. The number of hydrazine groups is 1. The highest BCUT2D eigenvalue weighted by atomic mass is 16.5. The minimum atomic E-state index is 0.105. The van der Waals surface area contributed by atoms with Crippen molar-refractivity contribution in [3.63, 3.8) is 0 Å². The maximum atomic E-state index is 5.60. The molecule has 1 aromatic carbocycles. The summed E-state index contributed by atoms with van der Waals surface area (Å²) in [4.78, 5) is 0. The van der Waals surface area contributed by atoms with Crippen LogP contribution in [0.25, 0.3) is 11.0 Å². The number of methoxy groups -OCH3 is 1. The van der Waals surface area contributed by atoms with E-state index in [1.54, 1.807) is 13.4 Å². The van der Waals surface area contributed by atoms with Crippen LogP contribution in [0.3, 0.4) is 0 Å². The Morgan fingerprint density at radius 2 is 2.24 bits per heavy atom. The molecule has 0 fully saturated rings. The number of ether oxygens (including phenoxy) is 1. The molecule has 0 bridgehead atoms. The van der Waals surface area contributed by atoms with Crippen molar-refractivity contribution in [3.8, 4) is 0 Å². The number of nitrogens with one attached hydrogen (secondary N) is 1. The Morgan fingerprint density at radius 3 is 3.00 bits per heavy atom. The Kier molecular flexibility index (Phi) is 4.14. The molecule has 0 aliphatic carbocycles. The Balaban J connectivity index is 2.18. The number of nitrogens with two attached hydrogens (primary N) is 1. The fourth-order valence-corrected chi connectivity index (χ4v) is 2.03. The summed E-state index contributed by atoms with van der Waals surface area (Å²) in [5, 5.41) is 1.12. The third-order valence-electron chi connectivity index (χ3n) is 2.93. The van der Waals surface area contributed by atoms with Gasteiger partial charge in [-0.3, -0.25) is 11.3 Å². The van der Waals surface area contributed by atoms with E-state index >= 15 is 0 Å². The monoisotopic (exact) mass is 234 g/mol. The van der Waals surface area contributed by atoms with Crippen LogP contribution in [0.4, 0.5) is 0 Å². The lowest BCUT2D eigenvalue weighted by molar-refractivity contribution is 0.189. The third kappa shape index (κ3) is 2.66. The van der Waals surface area contributed by atoms with Gasteiger partial charge in [-0.15, -0.1) is 0 Å². The van der Waals surface area contributed by atoms with E-state index < -0.39 is 0 Å². The molecule has 4 nitrogen and oxygen atoms in total. The van der Waals surface area contributed by atoms with E-state index in [9.17, 15) is 0 Å². The minimum absolute atomic E-state index is 0.105. The number of hydrogen-bond acceptors (Lipinski definition) is 4. The van der Waals surface area contributed by atoms with Crippen LogP contribution in [-0.4, -0.2) is 13.7 Å². The largest absolute Gasteiger partial charge is 0.464 e. The number of furan rings is 1. The number of rotatable bonds is 6. The fraction of sp³-hybridized carbons (Fsp3) is 0.385. The summed E-state index contributed by atoms with van der Waals surface area (Å²) in [6.45, 7) is 0.744. The molecular formula is C13H18N2O2. The van der Waals surface area contributed by atoms with Gasteiger partial charge in [-0.1, -0.05) is 18.2 Å². The molecule has 1 atom stereocenters. The molecule has 2 aromatic rings. The second-order valence-corrected chi connectivity index (χ2v) is 4.04. The Morgan fingerprint density at radius 1 is 1.41 bits per heavy atom. The second-order valence-electron chi connectivity index (χ2n) is 4.04. The van der Waals surface area contributed by atoms with Gasteiger partial charge in [0.05, 0.1) is 6.26 Å². The molecule has 4 heteroatoms. The molecule has 0 spiro atoms. The molecule has 0 saturated carbocycles. The van der Waals surface area contributed by atoms with Gasteiger partial charge in [-0.2, -0.15) is 0 Å². The minimum Gasteiger partial charge on any atom is -0.464 e. The third-order valence-corrected chi connectivity index (χ3v) is 2.93. The highest BCUT2D eigenvalue weighted by molar-refractivity contribution is 5.81. The van der Waals surface area contributed by atoms with E-state index in [4.69, 9.17) is 15.0 Å². The SMILES string of the molecule is COCCCC(NN)c1coc2ccccc12. The predicted molar refractivity (Wildman–Crippen MR) is 67.4 cm³/mol. The van der Waals surface area contributed by atoms with Gasteiger partial charge in [0.25, 0.3) is 0 Å². The van der Waals surface area contributed by atoms with Crippen LogP contribution in [0.5, 0.6) is 0 Å². The molecule has 2 rings (SSSR count). The highest BCUT2D eigenvalue weighted by Crippen LogP contribution is 2.28. The van der Waals surface area contributed by atoms with Crippen molar-refractivity contribution >= 4 is 11.0 Å². The van der Waals surface area contributed by atoms with Crippen LogP contribution >= 0.6 is 0 Å². The van der Waals surface area contributed by atoms with Gasteiger partial charge < -0.3 is 9.15 Å². The summed E-state index contributed by atoms with van der Waals surface area (Å²) in [5.41, 5.74) is 4.85. The molecule has 1 unspecified atom stereocenters. The Hall–Kier alpha value is -1.36. The van der Waals surface area contributed by atoms with Crippen molar-refractivity contribution in [3.05, 3.63) is 36.1 Å². The first-order chi connectivity index (χ1) is 8.36. The topological polar surface area (TPSA) is 60.4 Å². The maximum Gasteiger partial charge on any atom is 0.134 e. The number of para-hydroxylation sites is 1. The van der Waals surface area contributed by atoms with Crippen molar-refractivity contribution < 1.29 is 9.15 Å². The van der Waals surface area contributed by atoms with Crippen LogP contribution in [0.1, 0.15) is 24.4 Å². The smallest absolute Gasteiger partial charge is 0.134 e. The Labute approximate surface area is 101 Å². The average molecular weight is 234 g/mol. The lowest BCUT2D eigenvalue weighted by Gasteiger charge is -2.14. The van der Waals surface area contributed by atoms with Gasteiger partial charge in [0, 0.05) is 30.7 Å². The van der Waals surface area contributed by atoms with E-state index in [0.29, 0.717) is 0 Å². The normalized spacial score (nSPS) is 13.1. The highest BCUT2D eigenvalue weighted by Gasteiger charge is 2.15. The van der Waals surface area contributed by atoms with Crippen molar-refractivity contribution in [2.24, 2.45) is 5.84 Å². The van der Waals surface area contributed by atoms with E-state index in [1.165, 1.54) is 0 Å². The first kappa shape index (κ1) is 12.1. The van der Waals surface area contributed by atoms with E-state index in [2.05, 4.69) is 11.5 Å². The van der Waals surface area contributed by atoms with Crippen molar-refractivity contribution in [2.45, 2.75) is 18.9 Å². The summed E-state index contributed by atoms with van der Waals surface area (Å²) in [5.74, 6) is 5.60. The van der Waals surface area contributed by atoms with Gasteiger partial charge in [-0.25, -0.2) is 0 Å². The standard InChI is InChI=1S/C13H18N2O2/c1-16-8-4-6-12(15-14)11-9-17-13-7-3-2-5-10(11)13/h2-3,5,7,9,12,15H,4,6,8,14H2,1H3. The van der Waals surface area contributed by atoms with Gasteiger partial charge in [0.15, 0.2) is 0 Å².